The lowest BCUT2D eigenvalue weighted by atomic mass is 9.91. The number of aliphatic hydroxyl groups is 1. The molecular formula is C38H34Cl2N2O4. The molecule has 6 rings (SSSR count). The Morgan fingerprint density at radius 2 is 1.17 bits per heavy atom. The van der Waals surface area contributed by atoms with Gasteiger partial charge in [-0.3, -0.25) is 4.79 Å². The van der Waals surface area contributed by atoms with Gasteiger partial charge in [0.2, 0.25) is 0 Å². The smallest absolute Gasteiger partial charge is 0.193 e. The van der Waals surface area contributed by atoms with Crippen LogP contribution >= 0.6 is 23.2 Å². The van der Waals surface area contributed by atoms with E-state index in [4.69, 9.17) is 32.2 Å². The maximum absolute atomic E-state index is 12.9. The number of hydrogen-bond acceptors (Lipinski definition) is 6. The predicted molar refractivity (Wildman–Crippen MR) is 183 cm³/mol. The molecule has 234 valence electrons. The largest absolute Gasteiger partial charge is 0.384 e. The number of aromatic nitrogens is 2. The number of ketones is 1. The van der Waals surface area contributed by atoms with E-state index in [0.29, 0.717) is 21.2 Å². The van der Waals surface area contributed by atoms with Crippen LogP contribution in [0.1, 0.15) is 69.9 Å². The average molecular weight is 654 g/mol. The van der Waals surface area contributed by atoms with E-state index in [0.717, 1.165) is 69.1 Å². The molecule has 2 aromatic heterocycles. The fourth-order valence-corrected chi connectivity index (χ4v) is 5.70. The first-order valence-corrected chi connectivity index (χ1v) is 15.8. The summed E-state index contributed by atoms with van der Waals surface area (Å²) in [6, 6.07) is 29.5. The lowest BCUT2D eigenvalue weighted by molar-refractivity contribution is 0.103. The Morgan fingerprint density at radius 3 is 1.74 bits per heavy atom. The first-order chi connectivity index (χ1) is 22.2. The van der Waals surface area contributed by atoms with Gasteiger partial charge in [-0.2, -0.15) is 0 Å². The molecule has 8 heteroatoms. The molecule has 4 aromatic carbocycles. The summed E-state index contributed by atoms with van der Waals surface area (Å²) in [6.45, 7) is 7.82. The minimum Gasteiger partial charge on any atom is -0.384 e. The Bertz CT molecular complexity index is 1940. The molecule has 0 aliphatic heterocycles. The van der Waals surface area contributed by atoms with Crippen LogP contribution in [0.3, 0.4) is 0 Å². The molecule has 0 aliphatic carbocycles. The van der Waals surface area contributed by atoms with Gasteiger partial charge < -0.3 is 14.2 Å². The van der Waals surface area contributed by atoms with E-state index in [2.05, 4.69) is 10.3 Å². The highest BCUT2D eigenvalue weighted by atomic mass is 35.5. The second-order valence-electron chi connectivity index (χ2n) is 10.8. The number of hydrogen-bond donors (Lipinski definition) is 1. The molecule has 0 radical (unpaired) electrons. The molecule has 46 heavy (non-hydrogen) atoms. The Balaban J connectivity index is 0.000000181. The predicted octanol–water partition coefficient (Wildman–Crippen LogP) is 10.0. The van der Waals surface area contributed by atoms with Crippen LogP contribution in [0, 0.1) is 13.8 Å². The molecule has 6 aromatic rings. The van der Waals surface area contributed by atoms with Crippen molar-refractivity contribution in [3.63, 3.8) is 0 Å². The summed E-state index contributed by atoms with van der Waals surface area (Å²) in [5.41, 5.74) is 8.31. The van der Waals surface area contributed by atoms with Gasteiger partial charge in [0.05, 0.1) is 11.4 Å². The molecular weight excluding hydrogens is 619 g/mol. The van der Waals surface area contributed by atoms with Crippen molar-refractivity contribution in [3.05, 3.63) is 152 Å². The van der Waals surface area contributed by atoms with E-state index in [9.17, 15) is 9.90 Å². The van der Waals surface area contributed by atoms with E-state index in [-0.39, 0.29) is 5.78 Å². The molecule has 0 aliphatic rings. The van der Waals surface area contributed by atoms with Crippen molar-refractivity contribution in [1.82, 2.24) is 10.3 Å². The normalized spacial score (nSPS) is 11.5. The number of carbonyl (C=O) groups is 1. The molecule has 6 nitrogen and oxygen atoms in total. The van der Waals surface area contributed by atoms with Gasteiger partial charge in [0, 0.05) is 32.3 Å². The van der Waals surface area contributed by atoms with Gasteiger partial charge in [-0.05, 0) is 85.3 Å². The number of aliphatic hydroxyl groups excluding tert-OH is 1. The number of nitrogens with zero attached hydrogens (tertiary/aromatic N) is 2. The van der Waals surface area contributed by atoms with Crippen LogP contribution in [-0.2, 0) is 12.8 Å². The summed E-state index contributed by atoms with van der Waals surface area (Å²) >= 11 is 11.8. The molecule has 0 saturated heterocycles. The van der Waals surface area contributed by atoms with Crippen LogP contribution in [0.25, 0.3) is 22.3 Å². The molecule has 0 fully saturated rings. The maximum atomic E-state index is 12.9. The zero-order chi connectivity index (χ0) is 32.8. The lowest BCUT2D eigenvalue weighted by Crippen LogP contribution is -2.04. The summed E-state index contributed by atoms with van der Waals surface area (Å²) in [6.07, 6.45) is 0.788. The highest BCUT2D eigenvalue weighted by molar-refractivity contribution is 6.31. The highest BCUT2D eigenvalue weighted by Gasteiger charge is 2.22. The summed E-state index contributed by atoms with van der Waals surface area (Å²) in [5, 5.41) is 20.3. The standard InChI is InChI=1S/C19H18ClNO2.C19H16ClNO2/c2*1-3-17-18(12(2)23-21-17)15-6-4-5-7-16(15)19(22)13-8-10-14(20)11-9-13/h4-11,19,22H,3H2,1-2H3;4-11H,3H2,1-2H3. The van der Waals surface area contributed by atoms with Gasteiger partial charge in [0.25, 0.3) is 0 Å². The van der Waals surface area contributed by atoms with Crippen LogP contribution in [0.5, 0.6) is 0 Å². The summed E-state index contributed by atoms with van der Waals surface area (Å²) in [7, 11) is 0. The van der Waals surface area contributed by atoms with Crippen LogP contribution in [-0.4, -0.2) is 21.2 Å². The Morgan fingerprint density at radius 1 is 0.696 bits per heavy atom. The Kier molecular flexibility index (Phi) is 10.5. The molecule has 2 heterocycles. The molecule has 0 amide bonds. The van der Waals surface area contributed by atoms with Gasteiger partial charge in [0.15, 0.2) is 5.78 Å². The van der Waals surface area contributed by atoms with Crippen molar-refractivity contribution in [2.45, 2.75) is 46.6 Å². The maximum Gasteiger partial charge on any atom is 0.193 e. The molecule has 0 bridgehead atoms. The number of halogens is 2. The van der Waals surface area contributed by atoms with Crippen molar-refractivity contribution >= 4 is 29.0 Å². The second-order valence-corrected chi connectivity index (χ2v) is 11.6. The summed E-state index contributed by atoms with van der Waals surface area (Å²) in [4.78, 5) is 12.9. The minimum absolute atomic E-state index is 0.0417. The first kappa shape index (κ1) is 32.9. The lowest BCUT2D eigenvalue weighted by Gasteiger charge is -2.16. The van der Waals surface area contributed by atoms with Crippen LogP contribution in [0.2, 0.25) is 10.0 Å². The molecule has 1 unspecified atom stereocenters. The van der Waals surface area contributed by atoms with Gasteiger partial charge >= 0.3 is 0 Å². The van der Waals surface area contributed by atoms with E-state index >= 15 is 0 Å². The van der Waals surface area contributed by atoms with E-state index < -0.39 is 6.10 Å². The van der Waals surface area contributed by atoms with Crippen molar-refractivity contribution in [3.8, 4) is 22.3 Å². The number of carbonyl (C=O) groups excluding carboxylic acids is 1. The van der Waals surface area contributed by atoms with Gasteiger partial charge in [0.1, 0.15) is 17.6 Å². The van der Waals surface area contributed by atoms with Crippen molar-refractivity contribution in [2.24, 2.45) is 0 Å². The highest BCUT2D eigenvalue weighted by Crippen LogP contribution is 2.36. The first-order valence-electron chi connectivity index (χ1n) is 15.1. The average Bonchev–Trinajstić information content (AvgIpc) is 3.66. The van der Waals surface area contributed by atoms with Crippen LogP contribution in [0.4, 0.5) is 0 Å². The van der Waals surface area contributed by atoms with Crippen LogP contribution < -0.4 is 0 Å². The van der Waals surface area contributed by atoms with Crippen molar-refractivity contribution < 1.29 is 18.9 Å². The third kappa shape index (κ3) is 7.00. The molecule has 0 saturated carbocycles. The Labute approximate surface area is 278 Å². The number of rotatable bonds is 8. The fourth-order valence-electron chi connectivity index (χ4n) is 5.45. The minimum atomic E-state index is -0.734. The third-order valence-electron chi connectivity index (χ3n) is 7.79. The molecule has 1 N–H and O–H groups in total. The topological polar surface area (TPSA) is 89.4 Å². The summed E-state index contributed by atoms with van der Waals surface area (Å²) < 4.78 is 10.7. The fraction of sp³-hybridized carbons (Fsp3) is 0.184. The van der Waals surface area contributed by atoms with Crippen LogP contribution in [0.15, 0.2) is 106 Å². The van der Waals surface area contributed by atoms with E-state index in [1.807, 2.05) is 88.4 Å². The summed E-state index contributed by atoms with van der Waals surface area (Å²) in [5.74, 6) is 1.44. The van der Waals surface area contributed by atoms with Gasteiger partial charge in [-0.25, -0.2) is 0 Å². The molecule has 1 atom stereocenters. The zero-order valence-corrected chi connectivity index (χ0v) is 27.6. The number of benzene rings is 4. The van der Waals surface area contributed by atoms with Gasteiger partial charge in [-0.15, -0.1) is 0 Å². The monoisotopic (exact) mass is 652 g/mol. The van der Waals surface area contributed by atoms with Gasteiger partial charge in [-0.1, -0.05) is 108 Å². The third-order valence-corrected chi connectivity index (χ3v) is 8.30. The Hall–Kier alpha value is -4.49. The van der Waals surface area contributed by atoms with E-state index in [1.54, 1.807) is 36.4 Å². The number of aryl methyl sites for hydroxylation is 4. The SMILES string of the molecule is CCc1noc(C)c1-c1ccccc1C(=O)c1ccc(Cl)cc1.CCc1noc(C)c1-c1ccccc1C(O)c1ccc(Cl)cc1. The second kappa shape index (κ2) is 14.7. The zero-order valence-electron chi connectivity index (χ0n) is 26.1. The molecule has 0 spiro atoms. The van der Waals surface area contributed by atoms with Crippen molar-refractivity contribution in [1.29, 1.82) is 0 Å². The van der Waals surface area contributed by atoms with E-state index in [1.165, 1.54) is 0 Å². The van der Waals surface area contributed by atoms with Crippen molar-refractivity contribution in [2.75, 3.05) is 0 Å². The quantitative estimate of drug-likeness (QED) is 0.165.